The number of carbonyl (C=O) groups is 1. The second-order valence-electron chi connectivity index (χ2n) is 1.23. The van der Waals surface area contributed by atoms with Crippen molar-refractivity contribution < 1.29 is 10.0 Å². The maximum absolute atomic E-state index is 10.4. The van der Waals surface area contributed by atoms with Gasteiger partial charge in [-0.05, 0) is 11.5 Å². The first-order chi connectivity index (χ1) is 4.34. The maximum atomic E-state index is 10.4. The van der Waals surface area contributed by atoms with Gasteiger partial charge in [-0.2, -0.15) is 0 Å². The molecule has 1 rings (SSSR count). The van der Waals surface area contributed by atoms with E-state index in [9.17, 15) is 4.79 Å². The van der Waals surface area contributed by atoms with Crippen LogP contribution < -0.4 is 5.48 Å². The quantitative estimate of drug-likeness (QED) is 0.418. The molecule has 0 aromatic carbocycles. The lowest BCUT2D eigenvalue weighted by molar-refractivity contribution is 0.0700. The van der Waals surface area contributed by atoms with Crippen LogP contribution in [0.5, 0.6) is 0 Å². The molecule has 2 N–H and O–H groups in total. The number of aromatic nitrogens is 2. The Hall–Kier alpha value is -1.01. The lowest BCUT2D eigenvalue weighted by Crippen LogP contribution is -2.18. The highest BCUT2D eigenvalue weighted by atomic mass is 32.1. The van der Waals surface area contributed by atoms with Crippen molar-refractivity contribution in [2.75, 3.05) is 0 Å². The van der Waals surface area contributed by atoms with E-state index in [0.29, 0.717) is 0 Å². The summed E-state index contributed by atoms with van der Waals surface area (Å²) in [6.45, 7) is 0. The van der Waals surface area contributed by atoms with Crippen molar-refractivity contribution in [2.45, 2.75) is 0 Å². The van der Waals surface area contributed by atoms with Crippen LogP contribution in [0.1, 0.15) is 10.5 Å². The molecular weight excluding hydrogens is 142 g/mol. The summed E-state index contributed by atoms with van der Waals surface area (Å²) in [5, 5.41) is 12.9. The molecule has 0 aliphatic heterocycles. The zero-order chi connectivity index (χ0) is 6.69. The third kappa shape index (κ3) is 1.21. The molecule has 0 radical (unpaired) electrons. The number of hydroxylamine groups is 1. The van der Waals surface area contributed by atoms with Crippen LogP contribution in [0.25, 0.3) is 0 Å². The molecule has 0 spiro atoms. The summed E-state index contributed by atoms with van der Waals surface area (Å²) < 4.78 is 3.41. The normalized spacial score (nSPS) is 9.00. The molecule has 0 atom stereocenters. The molecule has 1 aromatic rings. The highest BCUT2D eigenvalue weighted by molar-refractivity contribution is 7.03. The molecule has 6 heteroatoms. The zero-order valence-electron chi connectivity index (χ0n) is 4.24. The number of rotatable bonds is 1. The van der Waals surface area contributed by atoms with Gasteiger partial charge in [-0.1, -0.05) is 4.49 Å². The molecular formula is C3H3N3O2S. The third-order valence-electron chi connectivity index (χ3n) is 0.694. The predicted molar refractivity (Wildman–Crippen MR) is 29.2 cm³/mol. The molecule has 9 heavy (non-hydrogen) atoms. The second kappa shape index (κ2) is 2.51. The first-order valence-corrected chi connectivity index (χ1v) is 2.89. The molecule has 1 aromatic heterocycles. The standard InChI is InChI=1S/C3H3N3O2S/c7-3(5-8)2-1-9-6-4-2/h1,8H,(H,5,7). The van der Waals surface area contributed by atoms with Crippen molar-refractivity contribution >= 4 is 17.4 Å². The summed E-state index contributed by atoms with van der Waals surface area (Å²) >= 11 is 1.05. The Morgan fingerprint density at radius 2 is 2.67 bits per heavy atom. The minimum Gasteiger partial charge on any atom is -0.288 e. The molecule has 0 aliphatic rings. The van der Waals surface area contributed by atoms with Gasteiger partial charge in [0.1, 0.15) is 0 Å². The van der Waals surface area contributed by atoms with Gasteiger partial charge in [0.25, 0.3) is 5.91 Å². The lowest BCUT2D eigenvalue weighted by Gasteiger charge is -1.87. The monoisotopic (exact) mass is 145 g/mol. The molecule has 0 saturated carbocycles. The number of nitrogens with one attached hydrogen (secondary N) is 1. The smallest absolute Gasteiger partial charge is 0.288 e. The van der Waals surface area contributed by atoms with E-state index in [1.54, 1.807) is 0 Å². The number of carbonyl (C=O) groups excluding carboxylic acids is 1. The molecule has 0 saturated heterocycles. The van der Waals surface area contributed by atoms with Crippen LogP contribution in [0.2, 0.25) is 0 Å². The van der Waals surface area contributed by atoms with Gasteiger partial charge in [0.05, 0.1) is 0 Å². The van der Waals surface area contributed by atoms with Crippen molar-refractivity contribution in [3.05, 3.63) is 11.1 Å². The number of hydrogen-bond acceptors (Lipinski definition) is 5. The van der Waals surface area contributed by atoms with Gasteiger partial charge in [0.15, 0.2) is 5.69 Å². The van der Waals surface area contributed by atoms with E-state index < -0.39 is 5.91 Å². The first-order valence-electron chi connectivity index (χ1n) is 2.06. The first kappa shape index (κ1) is 6.12. The van der Waals surface area contributed by atoms with E-state index in [1.165, 1.54) is 10.9 Å². The summed E-state index contributed by atoms with van der Waals surface area (Å²) in [5.41, 5.74) is 1.56. The molecule has 5 nitrogen and oxygen atoms in total. The SMILES string of the molecule is O=C(NO)c1csnn1. The van der Waals surface area contributed by atoms with Crippen LogP contribution in [0.15, 0.2) is 5.38 Å². The fourth-order valence-corrected chi connectivity index (χ4v) is 0.757. The molecule has 0 aliphatic carbocycles. The molecule has 48 valence electrons. The molecule has 0 fully saturated rings. The Balaban J connectivity index is 2.77. The summed E-state index contributed by atoms with van der Waals surface area (Å²) in [7, 11) is 0. The van der Waals surface area contributed by atoms with Crippen LogP contribution in [0.4, 0.5) is 0 Å². The summed E-state index contributed by atoms with van der Waals surface area (Å²) in [6.07, 6.45) is 0. The van der Waals surface area contributed by atoms with Gasteiger partial charge in [0.2, 0.25) is 0 Å². The Morgan fingerprint density at radius 1 is 1.89 bits per heavy atom. The van der Waals surface area contributed by atoms with Gasteiger partial charge in [-0.15, -0.1) is 5.10 Å². The predicted octanol–water partition coefficient (Wildman–Crippen LogP) is -0.343. The highest BCUT2D eigenvalue weighted by Crippen LogP contribution is 1.94. The summed E-state index contributed by atoms with van der Waals surface area (Å²) in [6, 6.07) is 0. The van der Waals surface area contributed by atoms with E-state index in [-0.39, 0.29) is 5.69 Å². The van der Waals surface area contributed by atoms with Crippen LogP contribution >= 0.6 is 11.5 Å². The van der Waals surface area contributed by atoms with Crippen molar-refractivity contribution in [1.82, 2.24) is 15.1 Å². The molecule has 0 bridgehead atoms. The zero-order valence-corrected chi connectivity index (χ0v) is 5.05. The van der Waals surface area contributed by atoms with Crippen LogP contribution in [-0.2, 0) is 0 Å². The van der Waals surface area contributed by atoms with Crippen LogP contribution in [0, 0.1) is 0 Å². The lowest BCUT2D eigenvalue weighted by atomic mass is 10.5. The van der Waals surface area contributed by atoms with E-state index in [0.717, 1.165) is 11.5 Å². The fourth-order valence-electron chi connectivity index (χ4n) is 0.321. The molecule has 1 amide bonds. The average molecular weight is 145 g/mol. The van der Waals surface area contributed by atoms with E-state index >= 15 is 0 Å². The van der Waals surface area contributed by atoms with Crippen molar-refractivity contribution in [1.29, 1.82) is 0 Å². The molecule has 0 unspecified atom stereocenters. The highest BCUT2D eigenvalue weighted by Gasteiger charge is 2.04. The van der Waals surface area contributed by atoms with Gasteiger partial charge >= 0.3 is 0 Å². The van der Waals surface area contributed by atoms with Crippen LogP contribution in [-0.4, -0.2) is 20.7 Å². The van der Waals surface area contributed by atoms with E-state index in [4.69, 9.17) is 5.21 Å². The fraction of sp³-hybridized carbons (Fsp3) is 0. The summed E-state index contributed by atoms with van der Waals surface area (Å²) in [5.74, 6) is -0.635. The van der Waals surface area contributed by atoms with Gasteiger partial charge < -0.3 is 0 Å². The largest absolute Gasteiger partial charge is 0.296 e. The maximum Gasteiger partial charge on any atom is 0.296 e. The minimum atomic E-state index is -0.635. The van der Waals surface area contributed by atoms with E-state index in [1.807, 2.05) is 0 Å². The Labute approximate surface area is 54.4 Å². The average Bonchev–Trinajstić information content (AvgIpc) is 2.37. The third-order valence-corrected chi connectivity index (χ3v) is 1.20. The van der Waals surface area contributed by atoms with Crippen molar-refractivity contribution in [2.24, 2.45) is 0 Å². The van der Waals surface area contributed by atoms with Crippen molar-refractivity contribution in [3.8, 4) is 0 Å². The summed E-state index contributed by atoms with van der Waals surface area (Å²) in [4.78, 5) is 10.4. The topological polar surface area (TPSA) is 75.1 Å². The molecule has 1 heterocycles. The second-order valence-corrected chi connectivity index (χ2v) is 1.84. The minimum absolute atomic E-state index is 0.127. The van der Waals surface area contributed by atoms with Gasteiger partial charge in [0, 0.05) is 5.38 Å². The number of nitrogens with zero attached hydrogens (tertiary/aromatic N) is 2. The number of hydrogen-bond donors (Lipinski definition) is 2. The Kier molecular flexibility index (Phi) is 1.71. The van der Waals surface area contributed by atoms with Crippen molar-refractivity contribution in [3.63, 3.8) is 0 Å². The van der Waals surface area contributed by atoms with Gasteiger partial charge in [-0.3, -0.25) is 10.0 Å². The Bertz CT molecular complexity index is 197. The Morgan fingerprint density at radius 3 is 3.11 bits per heavy atom. The van der Waals surface area contributed by atoms with Crippen LogP contribution in [0.3, 0.4) is 0 Å². The van der Waals surface area contributed by atoms with Gasteiger partial charge in [-0.25, -0.2) is 5.48 Å². The van der Waals surface area contributed by atoms with E-state index in [2.05, 4.69) is 9.59 Å². The number of amides is 1.